The van der Waals surface area contributed by atoms with Crippen molar-refractivity contribution in [3.8, 4) is 5.75 Å². The van der Waals surface area contributed by atoms with Crippen LogP contribution in [0.25, 0.3) is 10.8 Å². The summed E-state index contributed by atoms with van der Waals surface area (Å²) < 4.78 is 30.6. The molecule has 6 nitrogen and oxygen atoms in total. The van der Waals surface area contributed by atoms with E-state index in [1.54, 1.807) is 12.1 Å². The van der Waals surface area contributed by atoms with E-state index in [1.165, 1.54) is 13.2 Å². The highest BCUT2D eigenvalue weighted by molar-refractivity contribution is 7.92. The highest BCUT2D eigenvalue weighted by Crippen LogP contribution is 2.28. The second kappa shape index (κ2) is 7.67. The average Bonchev–Trinajstić information content (AvgIpc) is 2.61. The smallest absolute Gasteiger partial charge is 0.229 e. The van der Waals surface area contributed by atoms with Crippen molar-refractivity contribution in [3.63, 3.8) is 0 Å². The van der Waals surface area contributed by atoms with Gasteiger partial charge in [0.05, 0.1) is 25.5 Å². The molecule has 0 saturated heterocycles. The Balaban J connectivity index is 1.80. The Bertz CT molecular complexity index is 1090. The number of sulfonamides is 1. The predicted octanol–water partition coefficient (Wildman–Crippen LogP) is 3.40. The number of benzene rings is 3. The molecule has 0 aliphatic heterocycles. The van der Waals surface area contributed by atoms with Crippen LogP contribution in [0.3, 0.4) is 0 Å². The molecule has 7 heteroatoms. The van der Waals surface area contributed by atoms with Crippen LogP contribution in [0.5, 0.6) is 5.75 Å². The molecule has 3 aromatic rings. The summed E-state index contributed by atoms with van der Waals surface area (Å²) in [7, 11) is -2.02. The van der Waals surface area contributed by atoms with Crippen molar-refractivity contribution in [2.24, 2.45) is 0 Å². The fourth-order valence-corrected chi connectivity index (χ4v) is 3.45. The molecule has 0 bridgehead atoms. The van der Waals surface area contributed by atoms with Gasteiger partial charge in [-0.05, 0) is 34.5 Å². The molecule has 3 rings (SSSR count). The average molecular weight is 384 g/mol. The van der Waals surface area contributed by atoms with Gasteiger partial charge in [0.25, 0.3) is 0 Å². The van der Waals surface area contributed by atoms with E-state index in [4.69, 9.17) is 4.74 Å². The first-order chi connectivity index (χ1) is 12.9. The summed E-state index contributed by atoms with van der Waals surface area (Å²) in [5, 5.41) is 4.91. The molecule has 2 N–H and O–H groups in total. The normalized spacial score (nSPS) is 11.2. The zero-order valence-electron chi connectivity index (χ0n) is 15.0. The maximum absolute atomic E-state index is 12.5. The van der Waals surface area contributed by atoms with Gasteiger partial charge in [-0.15, -0.1) is 0 Å². The van der Waals surface area contributed by atoms with Crippen molar-refractivity contribution in [1.29, 1.82) is 0 Å². The maximum Gasteiger partial charge on any atom is 0.229 e. The van der Waals surface area contributed by atoms with Crippen molar-refractivity contribution in [1.82, 2.24) is 0 Å². The number of fused-ring (bicyclic) bond motifs is 1. The van der Waals surface area contributed by atoms with Crippen LogP contribution < -0.4 is 14.8 Å². The number of hydrogen-bond donors (Lipinski definition) is 2. The molecule has 0 aromatic heterocycles. The maximum atomic E-state index is 12.5. The van der Waals surface area contributed by atoms with Crippen LogP contribution >= 0.6 is 0 Å². The van der Waals surface area contributed by atoms with Crippen molar-refractivity contribution < 1.29 is 17.9 Å². The molecule has 0 saturated carbocycles. The number of methoxy groups -OCH3 is 1. The third-order valence-electron chi connectivity index (χ3n) is 4.01. The molecule has 0 atom stereocenters. The summed E-state index contributed by atoms with van der Waals surface area (Å²) in [4.78, 5) is 12.5. The molecule has 0 aliphatic carbocycles. The summed E-state index contributed by atoms with van der Waals surface area (Å²) in [6.45, 7) is 0. The molecule has 3 aromatic carbocycles. The first-order valence-electron chi connectivity index (χ1n) is 8.28. The Morgan fingerprint density at radius 3 is 2.52 bits per heavy atom. The first kappa shape index (κ1) is 18.7. The van der Waals surface area contributed by atoms with E-state index < -0.39 is 10.0 Å². The third-order valence-corrected chi connectivity index (χ3v) is 4.60. The topological polar surface area (TPSA) is 84.5 Å². The number of ether oxygens (including phenoxy) is 1. The van der Waals surface area contributed by atoms with Crippen LogP contribution in [0.1, 0.15) is 5.56 Å². The minimum atomic E-state index is -3.47. The van der Waals surface area contributed by atoms with E-state index >= 15 is 0 Å². The fraction of sp³-hybridized carbons (Fsp3) is 0.150. The van der Waals surface area contributed by atoms with E-state index in [0.717, 1.165) is 22.6 Å². The molecule has 0 heterocycles. The highest BCUT2D eigenvalue weighted by Gasteiger charge is 2.12. The number of carbonyl (C=O) groups excluding carboxylic acids is 1. The van der Waals surface area contributed by atoms with Gasteiger partial charge in [-0.1, -0.05) is 42.5 Å². The van der Waals surface area contributed by atoms with Gasteiger partial charge in [-0.2, -0.15) is 0 Å². The molecule has 0 unspecified atom stereocenters. The zero-order chi connectivity index (χ0) is 19.4. The minimum Gasteiger partial charge on any atom is -0.495 e. The molecule has 0 fully saturated rings. The van der Waals surface area contributed by atoms with Gasteiger partial charge in [0.2, 0.25) is 15.9 Å². The van der Waals surface area contributed by atoms with E-state index in [9.17, 15) is 13.2 Å². The number of anilines is 2. The molecule has 27 heavy (non-hydrogen) atoms. The molecular formula is C20H20N2O4S. The lowest BCUT2D eigenvalue weighted by atomic mass is 10.0. The van der Waals surface area contributed by atoms with Gasteiger partial charge < -0.3 is 10.1 Å². The van der Waals surface area contributed by atoms with Crippen LogP contribution in [0.4, 0.5) is 11.4 Å². The largest absolute Gasteiger partial charge is 0.495 e. The number of hydrogen-bond acceptors (Lipinski definition) is 4. The Labute approximate surface area is 158 Å². The molecule has 1 amide bonds. The lowest BCUT2D eigenvalue weighted by molar-refractivity contribution is -0.115. The first-order valence-corrected chi connectivity index (χ1v) is 10.2. The van der Waals surface area contributed by atoms with E-state index in [-0.39, 0.29) is 18.0 Å². The number of amides is 1. The van der Waals surface area contributed by atoms with Crippen LogP contribution in [-0.4, -0.2) is 27.7 Å². The van der Waals surface area contributed by atoms with Crippen molar-refractivity contribution in [2.45, 2.75) is 6.42 Å². The van der Waals surface area contributed by atoms with Gasteiger partial charge >= 0.3 is 0 Å². The second-order valence-electron chi connectivity index (χ2n) is 6.15. The summed E-state index contributed by atoms with van der Waals surface area (Å²) in [6.07, 6.45) is 1.26. The lowest BCUT2D eigenvalue weighted by Gasteiger charge is -2.13. The van der Waals surface area contributed by atoms with E-state index in [0.29, 0.717) is 11.4 Å². The molecule has 0 spiro atoms. The summed E-state index contributed by atoms with van der Waals surface area (Å²) in [5.41, 5.74) is 1.67. The Morgan fingerprint density at radius 2 is 1.78 bits per heavy atom. The molecule has 0 radical (unpaired) electrons. The second-order valence-corrected chi connectivity index (χ2v) is 7.90. The van der Waals surface area contributed by atoms with Crippen LogP contribution in [0.15, 0.2) is 60.7 Å². The van der Waals surface area contributed by atoms with Crippen molar-refractivity contribution >= 4 is 38.1 Å². The van der Waals surface area contributed by atoms with Gasteiger partial charge in [-0.25, -0.2) is 8.42 Å². The summed E-state index contributed by atoms with van der Waals surface area (Å²) in [6, 6.07) is 18.5. The van der Waals surface area contributed by atoms with E-state index in [1.807, 2.05) is 42.5 Å². The highest BCUT2D eigenvalue weighted by atomic mass is 32.2. The SMILES string of the molecule is COc1ccc(NC(=O)Cc2cccc3ccccc23)cc1NS(C)(=O)=O. The van der Waals surface area contributed by atoms with Crippen LogP contribution in [-0.2, 0) is 21.2 Å². The number of rotatable bonds is 6. The van der Waals surface area contributed by atoms with Gasteiger partial charge in [0.1, 0.15) is 5.75 Å². The quantitative estimate of drug-likeness (QED) is 0.682. The van der Waals surface area contributed by atoms with Gasteiger partial charge in [0, 0.05) is 5.69 Å². The Kier molecular flexibility index (Phi) is 5.32. The van der Waals surface area contributed by atoms with Crippen LogP contribution in [0.2, 0.25) is 0 Å². The Hall–Kier alpha value is -3.06. The predicted molar refractivity (Wildman–Crippen MR) is 108 cm³/mol. The van der Waals surface area contributed by atoms with E-state index in [2.05, 4.69) is 10.0 Å². The third kappa shape index (κ3) is 4.77. The number of carbonyl (C=O) groups is 1. The molecule has 0 aliphatic rings. The minimum absolute atomic E-state index is 0.193. The fourth-order valence-electron chi connectivity index (χ4n) is 2.89. The van der Waals surface area contributed by atoms with Crippen LogP contribution in [0, 0.1) is 0 Å². The van der Waals surface area contributed by atoms with Crippen molar-refractivity contribution in [2.75, 3.05) is 23.4 Å². The summed E-state index contributed by atoms with van der Waals surface area (Å²) in [5.74, 6) is 0.175. The van der Waals surface area contributed by atoms with Gasteiger partial charge in [0.15, 0.2) is 0 Å². The molecular weight excluding hydrogens is 364 g/mol. The number of nitrogens with one attached hydrogen (secondary N) is 2. The zero-order valence-corrected chi connectivity index (χ0v) is 15.8. The monoisotopic (exact) mass is 384 g/mol. The van der Waals surface area contributed by atoms with Gasteiger partial charge in [-0.3, -0.25) is 9.52 Å². The molecule has 140 valence electrons. The lowest BCUT2D eigenvalue weighted by Crippen LogP contribution is -2.15. The Morgan fingerprint density at radius 1 is 1.04 bits per heavy atom. The van der Waals surface area contributed by atoms with Crippen molar-refractivity contribution in [3.05, 3.63) is 66.2 Å². The standard InChI is InChI=1S/C20H20N2O4S/c1-26-19-11-10-16(13-18(19)22-27(2,24)25)21-20(23)12-15-8-5-7-14-6-3-4-9-17(14)15/h3-11,13,22H,12H2,1-2H3,(H,21,23). The summed E-state index contributed by atoms with van der Waals surface area (Å²) >= 11 is 0.